The number of nitrogens with one attached hydrogen (secondary N) is 3. The number of hydrogen-bond donors (Lipinski definition) is 3. The Bertz CT molecular complexity index is 3900. The van der Waals surface area contributed by atoms with E-state index in [1.54, 1.807) is 12.1 Å². The lowest BCUT2D eigenvalue weighted by atomic mass is 9.39. The molecule has 2 unspecified atom stereocenters. The second-order valence-corrected chi connectivity index (χ2v) is 30.0. The molecule has 6 aromatic rings. The minimum absolute atomic E-state index is 0.0434. The number of hydrogen-bond acceptors (Lipinski definition) is 21. The van der Waals surface area contributed by atoms with E-state index >= 15 is 0 Å². The number of anilines is 2. The summed E-state index contributed by atoms with van der Waals surface area (Å²) >= 11 is 1.43. The van der Waals surface area contributed by atoms with Crippen molar-refractivity contribution in [3.63, 3.8) is 0 Å². The molecular formula is C67H80N8O15S2. The van der Waals surface area contributed by atoms with Gasteiger partial charge in [-0.1, -0.05) is 61.6 Å². The molecule has 2 aliphatic heterocycles. The van der Waals surface area contributed by atoms with Crippen molar-refractivity contribution < 1.29 is 70.3 Å². The number of amides is 1. The molecule has 3 aromatic carbocycles. The molecule has 3 N–H and O–H groups in total. The Kier molecular flexibility index (Phi) is 18.4. The maximum Gasteiger partial charge on any atom is 0.358 e. The van der Waals surface area contributed by atoms with Gasteiger partial charge in [-0.3, -0.25) is 34.0 Å². The summed E-state index contributed by atoms with van der Waals surface area (Å²) < 4.78 is 74.0. The van der Waals surface area contributed by atoms with Crippen molar-refractivity contribution in [2.45, 2.75) is 181 Å². The lowest BCUT2D eigenvalue weighted by molar-refractivity contribution is -0.269. The summed E-state index contributed by atoms with van der Waals surface area (Å²) in [7, 11) is -4.46. The molecule has 4 bridgehead atoms. The molecule has 12 rings (SSSR count). The van der Waals surface area contributed by atoms with Gasteiger partial charge in [0.05, 0.1) is 33.5 Å². The van der Waals surface area contributed by atoms with Crippen LogP contribution in [0.25, 0.3) is 21.3 Å². The van der Waals surface area contributed by atoms with Gasteiger partial charge in [0.15, 0.2) is 23.0 Å². The Hall–Kier alpha value is -7.68. The van der Waals surface area contributed by atoms with Crippen LogP contribution in [0.3, 0.4) is 0 Å². The van der Waals surface area contributed by atoms with Gasteiger partial charge in [0, 0.05) is 82.8 Å². The van der Waals surface area contributed by atoms with Crippen molar-refractivity contribution in [2.75, 3.05) is 36.5 Å². The lowest BCUT2D eigenvalue weighted by Crippen LogP contribution is -2.66. The van der Waals surface area contributed by atoms with Crippen LogP contribution in [-0.2, 0) is 88.4 Å². The molecule has 4 saturated carbocycles. The summed E-state index contributed by atoms with van der Waals surface area (Å²) in [5.74, 6) is -3.45. The summed E-state index contributed by atoms with van der Waals surface area (Å²) in [6.07, 6.45) is 2.34. The standard InChI is InChI=1S/C67H80N8O15S2/c1-39-49(47-22-23-54(71-55(47)60(81)90-63(6,7)8)74-26-24-45-14-13-15-48(50(45)30-74)59(80)72-62-70-51-16-11-12-17-53(51)91-62)29-69-75(39)38-66-33-64(9)32-65(10,34-66)36-67(35-64,37-66)85-27-25-68-28-44-18-20-46(21-19-44)92(82,83)73-56-58(87-42(4)78)57(86-41(3)77)52(31-84-40(2)76)89-61(56)88-43(5)79/h11-23,29,52,56-58,61,68,73H,24-28,30-38H2,1-10H3,(H,70,72,80)/t52-,56-,57-,58-,61-,64?,65?,66?,67?/m0/s1. The van der Waals surface area contributed by atoms with Crippen molar-refractivity contribution >= 4 is 78.3 Å². The van der Waals surface area contributed by atoms with Crippen LogP contribution >= 0.6 is 11.3 Å². The van der Waals surface area contributed by atoms with Crippen LogP contribution in [0, 0.1) is 23.2 Å². The van der Waals surface area contributed by atoms with E-state index in [1.807, 2.05) is 75.5 Å². The van der Waals surface area contributed by atoms with Crippen LogP contribution in [0.15, 0.2) is 90.0 Å². The minimum atomic E-state index is -4.46. The van der Waals surface area contributed by atoms with Gasteiger partial charge in [0.25, 0.3) is 5.91 Å². The lowest BCUT2D eigenvalue weighted by Gasteiger charge is -2.69. The Morgan fingerprint density at radius 3 is 2.17 bits per heavy atom. The number of para-hydroxylation sites is 1. The third-order valence-electron chi connectivity index (χ3n) is 17.9. The number of ether oxygens (including phenoxy) is 7. The van der Waals surface area contributed by atoms with E-state index in [1.165, 1.54) is 23.5 Å². The molecule has 1 saturated heterocycles. The quantitative estimate of drug-likeness (QED) is 0.0344. The summed E-state index contributed by atoms with van der Waals surface area (Å²) in [6, 6.07) is 22.0. The van der Waals surface area contributed by atoms with Crippen molar-refractivity contribution in [1.29, 1.82) is 0 Å². The van der Waals surface area contributed by atoms with Crippen LogP contribution in [0.1, 0.15) is 144 Å². The van der Waals surface area contributed by atoms with Gasteiger partial charge in [-0.25, -0.2) is 23.2 Å². The highest BCUT2D eigenvalue weighted by molar-refractivity contribution is 7.89. The molecule has 25 heteroatoms. The average Bonchev–Trinajstić information content (AvgIpc) is 0.723. The molecule has 23 nitrogen and oxygen atoms in total. The topological polar surface area (TPSA) is 284 Å². The Balaban J connectivity index is 0.749. The number of carbonyl (C=O) groups excluding carboxylic acids is 6. The fraction of sp³-hybridized carbons (Fsp3) is 0.507. The maximum atomic E-state index is 14.3. The van der Waals surface area contributed by atoms with Crippen LogP contribution in [-0.4, -0.2) is 132 Å². The monoisotopic (exact) mass is 1300 g/mol. The van der Waals surface area contributed by atoms with E-state index in [-0.39, 0.29) is 38.3 Å². The molecule has 6 aliphatic rings. The first-order chi connectivity index (χ1) is 43.5. The van der Waals surface area contributed by atoms with Gasteiger partial charge in [-0.05, 0) is 148 Å². The Labute approximate surface area is 539 Å². The highest BCUT2D eigenvalue weighted by Gasteiger charge is 2.66. The molecular weight excluding hydrogens is 1220 g/mol. The largest absolute Gasteiger partial charge is 0.463 e. The molecule has 4 aliphatic carbocycles. The van der Waals surface area contributed by atoms with E-state index in [2.05, 4.69) is 56.8 Å². The molecule has 92 heavy (non-hydrogen) atoms. The zero-order valence-corrected chi connectivity index (χ0v) is 55.2. The van der Waals surface area contributed by atoms with Gasteiger partial charge >= 0.3 is 29.8 Å². The summed E-state index contributed by atoms with van der Waals surface area (Å²) in [4.78, 5) is 88.6. The number of fused-ring (bicyclic) bond motifs is 2. The van der Waals surface area contributed by atoms with E-state index in [0.29, 0.717) is 67.8 Å². The van der Waals surface area contributed by atoms with Crippen LogP contribution in [0.4, 0.5) is 10.9 Å². The first-order valence-corrected chi connectivity index (χ1v) is 33.3. The first-order valence-electron chi connectivity index (χ1n) is 31.0. The highest BCUT2D eigenvalue weighted by atomic mass is 32.2. The van der Waals surface area contributed by atoms with Crippen molar-refractivity contribution in [3.05, 3.63) is 119 Å². The number of pyridine rings is 1. The zero-order valence-electron chi connectivity index (χ0n) is 53.5. The molecule has 0 spiro atoms. The number of benzene rings is 3. The van der Waals surface area contributed by atoms with Crippen LogP contribution in [0.5, 0.6) is 0 Å². The average molecular weight is 1300 g/mol. The number of carbonyl (C=O) groups is 6. The van der Waals surface area contributed by atoms with Crippen molar-refractivity contribution in [2.24, 2.45) is 16.2 Å². The fourth-order valence-corrected chi connectivity index (χ4v) is 17.7. The summed E-state index contributed by atoms with van der Waals surface area (Å²) in [6.45, 7) is 19.3. The molecule has 490 valence electrons. The Morgan fingerprint density at radius 1 is 0.783 bits per heavy atom. The minimum Gasteiger partial charge on any atom is -0.463 e. The number of nitrogens with zero attached hydrogens (tertiary/aromatic N) is 5. The molecule has 5 heterocycles. The van der Waals surface area contributed by atoms with E-state index in [4.69, 9.17) is 43.2 Å². The predicted molar refractivity (Wildman–Crippen MR) is 340 cm³/mol. The van der Waals surface area contributed by atoms with E-state index in [9.17, 15) is 37.2 Å². The van der Waals surface area contributed by atoms with Crippen molar-refractivity contribution in [3.8, 4) is 11.1 Å². The SMILES string of the molecule is CC(=O)OC[C@@H]1O[C@H](OC(C)=O)[C@@H](NS(=O)(=O)c2ccc(CNCCOC34CC5(C)CC(C)(CC(Cn6ncc(-c7ccc(N8CCc9cccc(C(=O)Nc%10nc%11ccccc%11s%10)c9C8)nc7C(=O)OC(C)(C)C)c6C)(C5)C3)C4)cc2)[C@H](OC(C)=O)[C@H]1OC(C)=O. The number of esters is 5. The summed E-state index contributed by atoms with van der Waals surface area (Å²) in [5.41, 5.74) is 5.46. The van der Waals surface area contributed by atoms with Gasteiger partial charge in [0.2, 0.25) is 16.3 Å². The van der Waals surface area contributed by atoms with E-state index in [0.717, 1.165) is 104 Å². The van der Waals surface area contributed by atoms with E-state index < -0.39 is 82.7 Å². The number of aromatic nitrogens is 4. The Morgan fingerprint density at radius 2 is 1.49 bits per heavy atom. The molecule has 3 aromatic heterocycles. The number of sulfonamides is 1. The third kappa shape index (κ3) is 14.6. The predicted octanol–water partition coefficient (Wildman–Crippen LogP) is 8.92. The molecule has 0 radical (unpaired) electrons. The van der Waals surface area contributed by atoms with Gasteiger partial charge in [0.1, 0.15) is 30.2 Å². The summed E-state index contributed by atoms with van der Waals surface area (Å²) in [5, 5.41) is 12.1. The fourth-order valence-electron chi connectivity index (χ4n) is 15.6. The normalized spacial score (nSPS) is 25.8. The van der Waals surface area contributed by atoms with Crippen molar-refractivity contribution in [1.82, 2.24) is 29.8 Å². The van der Waals surface area contributed by atoms with Gasteiger partial charge in [-0.15, -0.1) is 0 Å². The highest BCUT2D eigenvalue weighted by Crippen LogP contribution is 2.72. The second-order valence-electron chi connectivity index (χ2n) is 27.2. The van der Waals surface area contributed by atoms with Crippen LogP contribution < -0.4 is 20.3 Å². The smallest absolute Gasteiger partial charge is 0.358 e. The zero-order chi connectivity index (χ0) is 65.7. The maximum absolute atomic E-state index is 14.3. The first kappa shape index (κ1) is 65.8. The van der Waals surface area contributed by atoms with Gasteiger partial charge < -0.3 is 43.4 Å². The second kappa shape index (κ2) is 25.7. The molecule has 5 fully saturated rings. The molecule has 1 amide bonds. The third-order valence-corrected chi connectivity index (χ3v) is 20.3. The molecule has 7 atom stereocenters. The van der Waals surface area contributed by atoms with Crippen LogP contribution in [0.2, 0.25) is 0 Å². The number of thiazole rings is 1. The number of rotatable bonds is 21. The van der Waals surface area contributed by atoms with Gasteiger partial charge in [-0.2, -0.15) is 9.82 Å².